The SMILES string of the molecule is CC(C)CCNC(C)CC1CCCCN1C(=O)OC(C)(C)C. The van der Waals surface area contributed by atoms with Gasteiger partial charge in [-0.05, 0) is 72.3 Å². The maximum atomic E-state index is 12.4. The molecule has 22 heavy (non-hydrogen) atoms. The van der Waals surface area contributed by atoms with Crippen LogP contribution in [-0.4, -0.2) is 41.8 Å². The minimum Gasteiger partial charge on any atom is -0.444 e. The Morgan fingerprint density at radius 2 is 1.95 bits per heavy atom. The summed E-state index contributed by atoms with van der Waals surface area (Å²) in [6.07, 6.45) is 5.46. The molecule has 0 saturated carbocycles. The fourth-order valence-corrected chi connectivity index (χ4v) is 2.92. The second-order valence-electron chi connectivity index (χ2n) is 8.10. The van der Waals surface area contributed by atoms with Crippen molar-refractivity contribution in [2.24, 2.45) is 5.92 Å². The van der Waals surface area contributed by atoms with E-state index in [0.29, 0.717) is 12.1 Å². The van der Waals surface area contributed by atoms with Crippen molar-refractivity contribution in [1.29, 1.82) is 0 Å². The quantitative estimate of drug-likeness (QED) is 0.799. The number of hydrogen-bond donors (Lipinski definition) is 1. The predicted octanol–water partition coefficient (Wildman–Crippen LogP) is 4.19. The monoisotopic (exact) mass is 312 g/mol. The highest BCUT2D eigenvalue weighted by Crippen LogP contribution is 2.23. The average molecular weight is 312 g/mol. The molecule has 1 heterocycles. The van der Waals surface area contributed by atoms with Crippen molar-refractivity contribution in [3.05, 3.63) is 0 Å². The zero-order valence-electron chi connectivity index (χ0n) is 15.4. The number of piperidine rings is 1. The maximum absolute atomic E-state index is 12.4. The molecule has 2 atom stereocenters. The van der Waals surface area contributed by atoms with Crippen molar-refractivity contribution >= 4 is 6.09 Å². The second kappa shape index (κ2) is 8.76. The van der Waals surface area contributed by atoms with Gasteiger partial charge in [0.2, 0.25) is 0 Å². The molecule has 0 aromatic carbocycles. The first-order valence-electron chi connectivity index (χ1n) is 8.92. The fourth-order valence-electron chi connectivity index (χ4n) is 2.92. The maximum Gasteiger partial charge on any atom is 0.410 e. The van der Waals surface area contributed by atoms with Gasteiger partial charge in [-0.15, -0.1) is 0 Å². The average Bonchev–Trinajstić information content (AvgIpc) is 2.36. The molecule has 0 aromatic heterocycles. The lowest BCUT2D eigenvalue weighted by atomic mass is 9.96. The molecule has 1 aliphatic heterocycles. The topological polar surface area (TPSA) is 41.6 Å². The fraction of sp³-hybridized carbons (Fsp3) is 0.944. The Morgan fingerprint density at radius 3 is 2.55 bits per heavy atom. The molecule has 4 nitrogen and oxygen atoms in total. The molecule has 0 aliphatic carbocycles. The molecule has 1 amide bonds. The Labute approximate surface area is 137 Å². The van der Waals surface area contributed by atoms with Gasteiger partial charge in [-0.2, -0.15) is 0 Å². The summed E-state index contributed by atoms with van der Waals surface area (Å²) in [6, 6.07) is 0.747. The van der Waals surface area contributed by atoms with Crippen molar-refractivity contribution in [2.45, 2.75) is 91.3 Å². The summed E-state index contributed by atoms with van der Waals surface area (Å²) >= 11 is 0. The summed E-state index contributed by atoms with van der Waals surface area (Å²) in [5.41, 5.74) is -0.416. The summed E-state index contributed by atoms with van der Waals surface area (Å²) < 4.78 is 5.57. The van der Waals surface area contributed by atoms with Crippen LogP contribution in [0.4, 0.5) is 4.79 Å². The van der Waals surface area contributed by atoms with Crippen molar-refractivity contribution in [3.8, 4) is 0 Å². The minimum atomic E-state index is -0.416. The number of ether oxygens (including phenoxy) is 1. The van der Waals surface area contributed by atoms with E-state index >= 15 is 0 Å². The Kier molecular flexibility index (Phi) is 7.67. The predicted molar refractivity (Wildman–Crippen MR) is 92.1 cm³/mol. The summed E-state index contributed by atoms with van der Waals surface area (Å²) in [6.45, 7) is 14.4. The standard InChI is InChI=1S/C18H36N2O2/c1-14(2)10-11-19-15(3)13-16-9-7-8-12-20(16)17(21)22-18(4,5)6/h14-16,19H,7-13H2,1-6H3. The molecule has 0 radical (unpaired) electrons. The van der Waals surface area contributed by atoms with E-state index in [1.165, 1.54) is 12.8 Å². The Hall–Kier alpha value is -0.770. The zero-order valence-corrected chi connectivity index (χ0v) is 15.4. The van der Waals surface area contributed by atoms with Gasteiger partial charge < -0.3 is 15.0 Å². The summed E-state index contributed by atoms with van der Waals surface area (Å²) in [5, 5.41) is 3.59. The van der Waals surface area contributed by atoms with Crippen molar-refractivity contribution in [2.75, 3.05) is 13.1 Å². The molecule has 130 valence electrons. The van der Waals surface area contributed by atoms with Gasteiger partial charge in [0.05, 0.1) is 0 Å². The molecule has 0 bridgehead atoms. The number of carbonyl (C=O) groups excluding carboxylic acids is 1. The molecule has 0 aromatic rings. The van der Waals surface area contributed by atoms with E-state index in [0.717, 1.165) is 38.3 Å². The summed E-state index contributed by atoms with van der Waals surface area (Å²) in [5.74, 6) is 0.729. The highest BCUT2D eigenvalue weighted by atomic mass is 16.6. The number of carbonyl (C=O) groups is 1. The molecule has 0 spiro atoms. The van der Waals surface area contributed by atoms with E-state index in [1.54, 1.807) is 0 Å². The number of rotatable bonds is 6. The molecular formula is C18H36N2O2. The van der Waals surface area contributed by atoms with Crippen LogP contribution < -0.4 is 5.32 Å². The van der Waals surface area contributed by atoms with Gasteiger partial charge >= 0.3 is 6.09 Å². The van der Waals surface area contributed by atoms with E-state index in [2.05, 4.69) is 26.1 Å². The Morgan fingerprint density at radius 1 is 1.27 bits per heavy atom. The number of nitrogens with zero attached hydrogens (tertiary/aromatic N) is 1. The first-order valence-corrected chi connectivity index (χ1v) is 8.92. The lowest BCUT2D eigenvalue weighted by Gasteiger charge is -2.38. The lowest BCUT2D eigenvalue weighted by Crippen LogP contribution is -2.48. The van der Waals surface area contributed by atoms with Gasteiger partial charge in [0.25, 0.3) is 0 Å². The van der Waals surface area contributed by atoms with Crippen molar-refractivity contribution in [3.63, 3.8) is 0 Å². The number of hydrogen-bond acceptors (Lipinski definition) is 3. The lowest BCUT2D eigenvalue weighted by molar-refractivity contribution is 0.00791. The molecule has 1 saturated heterocycles. The van der Waals surface area contributed by atoms with Gasteiger partial charge in [-0.25, -0.2) is 4.79 Å². The van der Waals surface area contributed by atoms with E-state index in [-0.39, 0.29) is 6.09 Å². The van der Waals surface area contributed by atoms with E-state index in [1.807, 2.05) is 25.7 Å². The third-order valence-electron chi connectivity index (χ3n) is 4.10. The first-order chi connectivity index (χ1) is 10.2. The molecule has 1 rings (SSSR count). The largest absolute Gasteiger partial charge is 0.444 e. The molecule has 2 unspecified atom stereocenters. The minimum absolute atomic E-state index is 0.147. The van der Waals surface area contributed by atoms with Gasteiger partial charge in [0.15, 0.2) is 0 Å². The molecule has 1 N–H and O–H groups in total. The van der Waals surface area contributed by atoms with E-state index < -0.39 is 5.60 Å². The Bertz CT molecular complexity index is 336. The van der Waals surface area contributed by atoms with Gasteiger partial charge in [-0.1, -0.05) is 13.8 Å². The van der Waals surface area contributed by atoms with Crippen LogP contribution in [0.1, 0.15) is 73.6 Å². The van der Waals surface area contributed by atoms with Crippen LogP contribution in [0.25, 0.3) is 0 Å². The van der Waals surface area contributed by atoms with Crippen LogP contribution >= 0.6 is 0 Å². The number of amides is 1. The van der Waals surface area contributed by atoms with Gasteiger partial charge in [-0.3, -0.25) is 0 Å². The highest BCUT2D eigenvalue weighted by Gasteiger charge is 2.31. The van der Waals surface area contributed by atoms with Crippen LogP contribution in [-0.2, 0) is 4.74 Å². The molecule has 1 fully saturated rings. The number of likely N-dealkylation sites (tertiary alicyclic amines) is 1. The summed E-state index contributed by atoms with van der Waals surface area (Å²) in [7, 11) is 0. The Balaban J connectivity index is 2.49. The first kappa shape index (κ1) is 19.3. The van der Waals surface area contributed by atoms with Crippen molar-refractivity contribution in [1.82, 2.24) is 10.2 Å². The van der Waals surface area contributed by atoms with Crippen LogP contribution in [0.3, 0.4) is 0 Å². The van der Waals surface area contributed by atoms with E-state index in [9.17, 15) is 4.79 Å². The second-order valence-corrected chi connectivity index (χ2v) is 8.10. The number of nitrogens with one attached hydrogen (secondary N) is 1. The third-order valence-corrected chi connectivity index (χ3v) is 4.10. The van der Waals surface area contributed by atoms with Crippen molar-refractivity contribution < 1.29 is 9.53 Å². The highest BCUT2D eigenvalue weighted by molar-refractivity contribution is 5.68. The third kappa shape index (κ3) is 7.48. The van der Waals surface area contributed by atoms with Crippen LogP contribution in [0, 0.1) is 5.92 Å². The summed E-state index contributed by atoms with van der Waals surface area (Å²) in [4.78, 5) is 14.3. The van der Waals surface area contributed by atoms with Crippen LogP contribution in [0.15, 0.2) is 0 Å². The smallest absolute Gasteiger partial charge is 0.410 e. The molecule has 1 aliphatic rings. The molecule has 4 heteroatoms. The van der Waals surface area contributed by atoms with E-state index in [4.69, 9.17) is 4.74 Å². The zero-order chi connectivity index (χ0) is 16.8. The van der Waals surface area contributed by atoms with Gasteiger partial charge in [0.1, 0.15) is 5.60 Å². The normalized spacial score (nSPS) is 21.0. The van der Waals surface area contributed by atoms with Crippen LogP contribution in [0.5, 0.6) is 0 Å². The van der Waals surface area contributed by atoms with Gasteiger partial charge in [0, 0.05) is 18.6 Å². The van der Waals surface area contributed by atoms with Crippen LogP contribution in [0.2, 0.25) is 0 Å². The molecular weight excluding hydrogens is 276 g/mol.